The summed E-state index contributed by atoms with van der Waals surface area (Å²) in [5.74, 6) is 0.984. The van der Waals surface area contributed by atoms with Crippen molar-refractivity contribution in [3.05, 3.63) is 53.4 Å². The van der Waals surface area contributed by atoms with Crippen LogP contribution in [-0.2, 0) is 11.3 Å². The molecule has 0 aromatic heterocycles. The summed E-state index contributed by atoms with van der Waals surface area (Å²) in [4.78, 5) is 2.27. The van der Waals surface area contributed by atoms with E-state index in [1.165, 1.54) is 24.0 Å². The van der Waals surface area contributed by atoms with Crippen LogP contribution in [0.2, 0.25) is 0 Å². The fourth-order valence-electron chi connectivity index (χ4n) is 2.74. The van der Waals surface area contributed by atoms with Gasteiger partial charge in [-0.25, -0.2) is 0 Å². The first-order chi connectivity index (χ1) is 11.7. The van der Waals surface area contributed by atoms with Gasteiger partial charge in [0.05, 0.1) is 13.2 Å². The standard InChI is InChI=1S/C20H30N2O2/c1-3-4-5-15-24-19-9-12-22(13-10-19)16-18-7-6-8-20(17(18)2)21-11-14-23/h6-10,12,21,23H,3-5,11,13-16H2,1-2H3. The van der Waals surface area contributed by atoms with Gasteiger partial charge in [0, 0.05) is 31.5 Å². The van der Waals surface area contributed by atoms with Crippen molar-refractivity contribution in [1.82, 2.24) is 4.90 Å². The van der Waals surface area contributed by atoms with Gasteiger partial charge < -0.3 is 20.1 Å². The van der Waals surface area contributed by atoms with E-state index in [0.717, 1.165) is 37.6 Å². The van der Waals surface area contributed by atoms with Crippen molar-refractivity contribution in [1.29, 1.82) is 0 Å². The van der Waals surface area contributed by atoms with Crippen LogP contribution in [-0.4, -0.2) is 36.3 Å². The Labute approximate surface area is 145 Å². The highest BCUT2D eigenvalue weighted by molar-refractivity contribution is 5.54. The van der Waals surface area contributed by atoms with Gasteiger partial charge in [-0.05, 0) is 42.7 Å². The number of aliphatic hydroxyl groups is 1. The Morgan fingerprint density at radius 2 is 2.17 bits per heavy atom. The SMILES string of the molecule is CCCCCOC1=CCN(Cc2cccc(NCCO)c2C)C=C1. The normalized spacial score (nSPS) is 13.8. The number of unbranched alkanes of at least 4 members (excludes halogenated alkanes) is 2. The molecule has 0 radical (unpaired) electrons. The molecule has 24 heavy (non-hydrogen) atoms. The van der Waals surface area contributed by atoms with Crippen molar-refractivity contribution in [2.24, 2.45) is 0 Å². The molecular formula is C20H30N2O2. The van der Waals surface area contributed by atoms with Crippen LogP contribution in [0.25, 0.3) is 0 Å². The molecule has 0 amide bonds. The summed E-state index contributed by atoms with van der Waals surface area (Å²) in [5, 5.41) is 12.2. The Kier molecular flexibility index (Phi) is 7.69. The third-order valence-corrected chi connectivity index (χ3v) is 4.24. The number of ether oxygens (including phenoxy) is 1. The number of hydrogen-bond donors (Lipinski definition) is 2. The summed E-state index contributed by atoms with van der Waals surface area (Å²) in [6.45, 7) is 7.60. The highest BCUT2D eigenvalue weighted by atomic mass is 16.5. The first kappa shape index (κ1) is 18.4. The number of anilines is 1. The number of rotatable bonds is 10. The summed E-state index contributed by atoms with van der Waals surface area (Å²) in [6, 6.07) is 6.28. The third kappa shape index (κ3) is 5.60. The Balaban J connectivity index is 1.85. The van der Waals surface area contributed by atoms with Crippen molar-refractivity contribution < 1.29 is 9.84 Å². The van der Waals surface area contributed by atoms with Gasteiger partial charge in [-0.3, -0.25) is 0 Å². The molecule has 132 valence electrons. The molecule has 1 aromatic carbocycles. The fraction of sp³-hybridized carbons (Fsp3) is 0.500. The molecule has 4 heteroatoms. The lowest BCUT2D eigenvalue weighted by Gasteiger charge is -2.24. The lowest BCUT2D eigenvalue weighted by Crippen LogP contribution is -2.20. The Bertz CT molecular complexity index is 567. The minimum absolute atomic E-state index is 0.143. The second-order valence-corrected chi connectivity index (χ2v) is 6.15. The molecule has 2 rings (SSSR count). The Morgan fingerprint density at radius 1 is 1.29 bits per heavy atom. The van der Waals surface area contributed by atoms with Crippen LogP contribution in [0.15, 0.2) is 42.3 Å². The van der Waals surface area contributed by atoms with E-state index in [2.05, 4.69) is 60.6 Å². The van der Waals surface area contributed by atoms with Crippen LogP contribution in [0.4, 0.5) is 5.69 Å². The lowest BCUT2D eigenvalue weighted by atomic mass is 10.1. The highest BCUT2D eigenvalue weighted by Gasteiger charge is 2.09. The quantitative estimate of drug-likeness (QED) is 0.640. The monoisotopic (exact) mass is 330 g/mol. The first-order valence-corrected chi connectivity index (χ1v) is 8.93. The predicted octanol–water partition coefficient (Wildman–Crippen LogP) is 3.82. The van der Waals surface area contributed by atoms with Gasteiger partial charge in [-0.2, -0.15) is 0 Å². The molecule has 0 spiro atoms. The molecule has 4 nitrogen and oxygen atoms in total. The molecule has 0 saturated carbocycles. The molecule has 0 bridgehead atoms. The molecule has 0 fully saturated rings. The van der Waals surface area contributed by atoms with Gasteiger partial charge in [0.15, 0.2) is 0 Å². The van der Waals surface area contributed by atoms with E-state index in [9.17, 15) is 0 Å². The fourth-order valence-corrected chi connectivity index (χ4v) is 2.74. The smallest absolute Gasteiger partial charge is 0.118 e. The second kappa shape index (κ2) is 10.0. The van der Waals surface area contributed by atoms with Crippen LogP contribution in [0, 0.1) is 6.92 Å². The van der Waals surface area contributed by atoms with Crippen LogP contribution in [0.1, 0.15) is 37.3 Å². The number of nitrogens with one attached hydrogen (secondary N) is 1. The second-order valence-electron chi connectivity index (χ2n) is 6.15. The predicted molar refractivity (Wildman–Crippen MR) is 99.9 cm³/mol. The summed E-state index contributed by atoms with van der Waals surface area (Å²) in [5.41, 5.74) is 3.63. The maximum absolute atomic E-state index is 8.97. The maximum atomic E-state index is 8.97. The molecule has 0 unspecified atom stereocenters. The molecule has 1 aliphatic rings. The van der Waals surface area contributed by atoms with Gasteiger partial charge in [0.25, 0.3) is 0 Å². The van der Waals surface area contributed by atoms with Crippen molar-refractivity contribution >= 4 is 5.69 Å². The van der Waals surface area contributed by atoms with Crippen LogP contribution in [0.5, 0.6) is 0 Å². The molecular weight excluding hydrogens is 300 g/mol. The van der Waals surface area contributed by atoms with Gasteiger partial charge in [0.1, 0.15) is 5.76 Å². The van der Waals surface area contributed by atoms with Crippen LogP contribution < -0.4 is 5.32 Å². The van der Waals surface area contributed by atoms with Gasteiger partial charge in [-0.1, -0.05) is 31.9 Å². The van der Waals surface area contributed by atoms with Gasteiger partial charge >= 0.3 is 0 Å². The average molecular weight is 330 g/mol. The minimum Gasteiger partial charge on any atom is -0.494 e. The van der Waals surface area contributed by atoms with E-state index in [1.807, 2.05) is 0 Å². The average Bonchev–Trinajstić information content (AvgIpc) is 2.61. The van der Waals surface area contributed by atoms with Crippen molar-refractivity contribution in [3.63, 3.8) is 0 Å². The molecule has 1 aromatic rings. The van der Waals surface area contributed by atoms with E-state index in [1.54, 1.807) is 0 Å². The zero-order valence-corrected chi connectivity index (χ0v) is 14.9. The Morgan fingerprint density at radius 3 is 2.88 bits per heavy atom. The van der Waals surface area contributed by atoms with Gasteiger partial charge in [-0.15, -0.1) is 0 Å². The number of hydrogen-bond acceptors (Lipinski definition) is 4. The molecule has 0 atom stereocenters. The highest BCUT2D eigenvalue weighted by Crippen LogP contribution is 2.21. The van der Waals surface area contributed by atoms with E-state index in [0.29, 0.717) is 6.54 Å². The number of allylic oxidation sites excluding steroid dienone is 1. The van der Waals surface area contributed by atoms with Crippen LogP contribution in [0.3, 0.4) is 0 Å². The molecule has 2 N–H and O–H groups in total. The summed E-state index contributed by atoms with van der Waals surface area (Å²) >= 11 is 0. The topological polar surface area (TPSA) is 44.7 Å². The summed E-state index contributed by atoms with van der Waals surface area (Å²) in [6.07, 6.45) is 9.88. The van der Waals surface area contributed by atoms with E-state index < -0.39 is 0 Å². The zero-order chi connectivity index (χ0) is 17.2. The van der Waals surface area contributed by atoms with Crippen LogP contribution >= 0.6 is 0 Å². The van der Waals surface area contributed by atoms with Crippen molar-refractivity contribution in [2.75, 3.05) is 31.6 Å². The minimum atomic E-state index is 0.143. The van der Waals surface area contributed by atoms with E-state index in [4.69, 9.17) is 9.84 Å². The van der Waals surface area contributed by atoms with E-state index in [-0.39, 0.29) is 6.61 Å². The van der Waals surface area contributed by atoms with E-state index >= 15 is 0 Å². The van der Waals surface area contributed by atoms with Crippen molar-refractivity contribution in [3.8, 4) is 0 Å². The third-order valence-electron chi connectivity index (χ3n) is 4.24. The number of aliphatic hydroxyl groups excluding tert-OH is 1. The number of benzene rings is 1. The lowest BCUT2D eigenvalue weighted by molar-refractivity contribution is 0.211. The molecule has 0 saturated heterocycles. The zero-order valence-electron chi connectivity index (χ0n) is 14.9. The maximum Gasteiger partial charge on any atom is 0.118 e. The summed E-state index contributed by atoms with van der Waals surface area (Å²) in [7, 11) is 0. The first-order valence-electron chi connectivity index (χ1n) is 8.93. The van der Waals surface area contributed by atoms with Crippen molar-refractivity contribution in [2.45, 2.75) is 39.7 Å². The largest absolute Gasteiger partial charge is 0.494 e. The summed E-state index contributed by atoms with van der Waals surface area (Å²) < 4.78 is 5.78. The molecule has 1 heterocycles. The Hall–Kier alpha value is -1.94. The molecule has 0 aliphatic carbocycles. The number of nitrogens with zero attached hydrogens (tertiary/aromatic N) is 1. The van der Waals surface area contributed by atoms with Gasteiger partial charge in [0.2, 0.25) is 0 Å². The molecule has 1 aliphatic heterocycles.